The first-order chi connectivity index (χ1) is 10.1. The van der Waals surface area contributed by atoms with Gasteiger partial charge in [-0.15, -0.1) is 0 Å². The molecule has 0 bridgehead atoms. The van der Waals surface area contributed by atoms with Gasteiger partial charge in [0.1, 0.15) is 5.82 Å². The molecular weight excluding hydrogens is 260 g/mol. The number of hydrogen-bond donors (Lipinski definition) is 1. The molecule has 1 heterocycles. The van der Waals surface area contributed by atoms with E-state index in [1.54, 1.807) is 0 Å². The van der Waals surface area contributed by atoms with Crippen LogP contribution in [0.5, 0.6) is 0 Å². The molecule has 4 heteroatoms. The number of nitrogens with one attached hydrogen (secondary N) is 1. The molecule has 0 spiro atoms. The number of anilines is 2. The zero-order valence-electron chi connectivity index (χ0n) is 13.3. The van der Waals surface area contributed by atoms with Crippen molar-refractivity contribution in [2.75, 3.05) is 23.3 Å². The molecule has 0 saturated heterocycles. The summed E-state index contributed by atoms with van der Waals surface area (Å²) < 4.78 is 0. The lowest BCUT2D eigenvalue weighted by Gasteiger charge is -2.21. The Balaban J connectivity index is 2.46. The first kappa shape index (κ1) is 15.3. The van der Waals surface area contributed by atoms with E-state index in [-0.39, 0.29) is 0 Å². The van der Waals surface area contributed by atoms with Crippen LogP contribution in [0.4, 0.5) is 11.8 Å². The molecule has 0 aliphatic heterocycles. The molecule has 112 valence electrons. The van der Waals surface area contributed by atoms with E-state index in [1.807, 2.05) is 24.3 Å². The van der Waals surface area contributed by atoms with Gasteiger partial charge in [-0.2, -0.15) is 4.98 Å². The topological polar surface area (TPSA) is 41.1 Å². The molecule has 0 amide bonds. The standard InChI is InChI=1S/C17H24N4/c1-5-21(6-2)17-19-15(14-10-8-7-9-11-14)12-16(20-17)18-13(3)4/h7-13H,5-6H2,1-4H3,(H,18,19,20). The van der Waals surface area contributed by atoms with Crippen LogP contribution < -0.4 is 10.2 Å². The Labute approximate surface area is 127 Å². The summed E-state index contributed by atoms with van der Waals surface area (Å²) in [7, 11) is 0. The van der Waals surface area contributed by atoms with Crippen molar-refractivity contribution in [2.24, 2.45) is 0 Å². The Kier molecular flexibility index (Phi) is 5.14. The number of hydrogen-bond acceptors (Lipinski definition) is 4. The van der Waals surface area contributed by atoms with Crippen LogP contribution in [0.1, 0.15) is 27.7 Å². The summed E-state index contributed by atoms with van der Waals surface area (Å²) in [5.74, 6) is 1.66. The molecule has 0 atom stereocenters. The predicted octanol–water partition coefficient (Wildman–Crippen LogP) is 3.81. The van der Waals surface area contributed by atoms with Crippen molar-refractivity contribution >= 4 is 11.8 Å². The summed E-state index contributed by atoms with van der Waals surface area (Å²) in [6.45, 7) is 10.3. The highest BCUT2D eigenvalue weighted by atomic mass is 15.3. The van der Waals surface area contributed by atoms with Gasteiger partial charge in [-0.3, -0.25) is 0 Å². The molecule has 4 nitrogen and oxygen atoms in total. The summed E-state index contributed by atoms with van der Waals surface area (Å²) in [4.78, 5) is 11.5. The molecule has 21 heavy (non-hydrogen) atoms. The second-order valence-electron chi connectivity index (χ2n) is 5.28. The molecule has 1 aromatic heterocycles. The first-order valence-corrected chi connectivity index (χ1v) is 7.60. The van der Waals surface area contributed by atoms with Gasteiger partial charge >= 0.3 is 0 Å². The molecule has 0 aliphatic rings. The highest BCUT2D eigenvalue weighted by Gasteiger charge is 2.11. The fraction of sp³-hybridized carbons (Fsp3) is 0.412. The molecule has 0 saturated carbocycles. The first-order valence-electron chi connectivity index (χ1n) is 7.60. The number of rotatable bonds is 6. The Morgan fingerprint density at radius 2 is 1.71 bits per heavy atom. The van der Waals surface area contributed by atoms with Gasteiger partial charge in [-0.1, -0.05) is 30.3 Å². The van der Waals surface area contributed by atoms with E-state index in [0.717, 1.165) is 36.1 Å². The third-order valence-corrected chi connectivity index (χ3v) is 3.27. The molecule has 1 N–H and O–H groups in total. The monoisotopic (exact) mass is 284 g/mol. The van der Waals surface area contributed by atoms with Gasteiger partial charge in [0.15, 0.2) is 0 Å². The number of aromatic nitrogens is 2. The van der Waals surface area contributed by atoms with Crippen molar-refractivity contribution in [2.45, 2.75) is 33.7 Å². The smallest absolute Gasteiger partial charge is 0.227 e. The fourth-order valence-corrected chi connectivity index (χ4v) is 2.21. The Morgan fingerprint density at radius 3 is 2.29 bits per heavy atom. The third kappa shape index (κ3) is 3.94. The lowest BCUT2D eigenvalue weighted by molar-refractivity contribution is 0.816. The minimum Gasteiger partial charge on any atom is -0.368 e. The Bertz CT molecular complexity index is 562. The van der Waals surface area contributed by atoms with E-state index in [4.69, 9.17) is 4.98 Å². The normalized spacial score (nSPS) is 10.7. The average Bonchev–Trinajstić information content (AvgIpc) is 2.48. The van der Waals surface area contributed by atoms with Crippen molar-refractivity contribution in [3.63, 3.8) is 0 Å². The average molecular weight is 284 g/mol. The van der Waals surface area contributed by atoms with Gasteiger partial charge in [0.05, 0.1) is 5.69 Å². The predicted molar refractivity (Wildman–Crippen MR) is 89.8 cm³/mol. The zero-order valence-corrected chi connectivity index (χ0v) is 13.3. The number of benzene rings is 1. The lowest BCUT2D eigenvalue weighted by atomic mass is 10.1. The van der Waals surface area contributed by atoms with E-state index in [2.05, 4.69) is 55.0 Å². The molecule has 0 radical (unpaired) electrons. The van der Waals surface area contributed by atoms with Gasteiger partial charge in [-0.05, 0) is 27.7 Å². The van der Waals surface area contributed by atoms with Gasteiger partial charge < -0.3 is 10.2 Å². The van der Waals surface area contributed by atoms with Crippen molar-refractivity contribution < 1.29 is 0 Å². The Morgan fingerprint density at radius 1 is 1.05 bits per heavy atom. The maximum atomic E-state index is 4.73. The van der Waals surface area contributed by atoms with Gasteiger partial charge in [0.2, 0.25) is 5.95 Å². The third-order valence-electron chi connectivity index (χ3n) is 3.27. The van der Waals surface area contributed by atoms with Crippen LogP contribution in [0.2, 0.25) is 0 Å². The highest BCUT2D eigenvalue weighted by Crippen LogP contribution is 2.23. The van der Waals surface area contributed by atoms with E-state index < -0.39 is 0 Å². The summed E-state index contributed by atoms with van der Waals surface area (Å²) in [5.41, 5.74) is 2.07. The minimum absolute atomic E-state index is 0.341. The fourth-order valence-electron chi connectivity index (χ4n) is 2.21. The van der Waals surface area contributed by atoms with Crippen LogP contribution in [0, 0.1) is 0 Å². The minimum atomic E-state index is 0.341. The van der Waals surface area contributed by atoms with Crippen molar-refractivity contribution in [3.05, 3.63) is 36.4 Å². The maximum absolute atomic E-state index is 4.73. The quantitative estimate of drug-likeness (QED) is 0.875. The summed E-state index contributed by atoms with van der Waals surface area (Å²) >= 11 is 0. The second kappa shape index (κ2) is 7.07. The van der Waals surface area contributed by atoms with E-state index >= 15 is 0 Å². The van der Waals surface area contributed by atoms with Gasteiger partial charge in [-0.25, -0.2) is 4.98 Å². The number of nitrogens with zero attached hydrogens (tertiary/aromatic N) is 3. The van der Waals surface area contributed by atoms with Gasteiger partial charge in [0, 0.05) is 30.8 Å². The van der Waals surface area contributed by atoms with Crippen LogP contribution >= 0.6 is 0 Å². The molecule has 1 aromatic carbocycles. The van der Waals surface area contributed by atoms with E-state index in [1.165, 1.54) is 0 Å². The highest BCUT2D eigenvalue weighted by molar-refractivity contribution is 5.64. The lowest BCUT2D eigenvalue weighted by Crippen LogP contribution is -2.25. The molecule has 2 rings (SSSR count). The van der Waals surface area contributed by atoms with Crippen molar-refractivity contribution in [1.82, 2.24) is 9.97 Å². The molecule has 0 aliphatic carbocycles. The SMILES string of the molecule is CCN(CC)c1nc(NC(C)C)cc(-c2ccccc2)n1. The summed E-state index contributed by atoms with van der Waals surface area (Å²) in [6.07, 6.45) is 0. The molecule has 0 fully saturated rings. The maximum Gasteiger partial charge on any atom is 0.227 e. The largest absolute Gasteiger partial charge is 0.368 e. The van der Waals surface area contributed by atoms with E-state index in [9.17, 15) is 0 Å². The van der Waals surface area contributed by atoms with Gasteiger partial charge in [0.25, 0.3) is 0 Å². The van der Waals surface area contributed by atoms with E-state index in [0.29, 0.717) is 6.04 Å². The molecule has 2 aromatic rings. The van der Waals surface area contributed by atoms with Crippen LogP contribution in [0.15, 0.2) is 36.4 Å². The van der Waals surface area contributed by atoms with Crippen LogP contribution in [-0.2, 0) is 0 Å². The second-order valence-corrected chi connectivity index (χ2v) is 5.28. The van der Waals surface area contributed by atoms with Crippen LogP contribution in [0.3, 0.4) is 0 Å². The zero-order chi connectivity index (χ0) is 15.2. The van der Waals surface area contributed by atoms with Crippen LogP contribution in [-0.4, -0.2) is 29.1 Å². The van der Waals surface area contributed by atoms with Crippen molar-refractivity contribution in [3.8, 4) is 11.3 Å². The van der Waals surface area contributed by atoms with Crippen LogP contribution in [0.25, 0.3) is 11.3 Å². The summed E-state index contributed by atoms with van der Waals surface area (Å²) in [5, 5.41) is 3.38. The molecule has 0 unspecified atom stereocenters. The van der Waals surface area contributed by atoms with Crippen molar-refractivity contribution in [1.29, 1.82) is 0 Å². The summed E-state index contributed by atoms with van der Waals surface area (Å²) in [6, 6.07) is 12.6. The Hall–Kier alpha value is -2.10. The molecular formula is C17H24N4.